The lowest BCUT2D eigenvalue weighted by Crippen LogP contribution is -2.31. The Hall–Kier alpha value is -0.250. The Bertz CT molecular complexity index is 188. The van der Waals surface area contributed by atoms with Crippen LogP contribution < -0.4 is 0 Å². The van der Waals surface area contributed by atoms with Crippen molar-refractivity contribution in [3.8, 4) is 0 Å². The van der Waals surface area contributed by atoms with Crippen LogP contribution in [-0.2, 0) is 0 Å². The summed E-state index contributed by atoms with van der Waals surface area (Å²) in [5.74, 6) is 1.21. The SMILES string of the molecule is C=CCC(C)(O)CSCC(C)(O)CC=C. The van der Waals surface area contributed by atoms with E-state index in [4.69, 9.17) is 0 Å². The van der Waals surface area contributed by atoms with Gasteiger partial charge < -0.3 is 10.2 Å². The molecule has 0 saturated carbocycles. The summed E-state index contributed by atoms with van der Waals surface area (Å²) in [5, 5.41) is 19.7. The largest absolute Gasteiger partial charge is 0.389 e. The van der Waals surface area contributed by atoms with Gasteiger partial charge in [0.1, 0.15) is 0 Å². The van der Waals surface area contributed by atoms with Gasteiger partial charge in [0.2, 0.25) is 0 Å². The van der Waals surface area contributed by atoms with E-state index < -0.39 is 11.2 Å². The summed E-state index contributed by atoms with van der Waals surface area (Å²) < 4.78 is 0. The first kappa shape index (κ1) is 14.8. The standard InChI is InChI=1S/C12H22O2S/c1-5-7-11(3,13)9-15-10-12(4,14)8-6-2/h5-6,13-14H,1-2,7-10H2,3-4H3. The first-order chi connectivity index (χ1) is 6.83. The summed E-state index contributed by atoms with van der Waals surface area (Å²) in [6.45, 7) is 10.8. The molecule has 0 spiro atoms. The topological polar surface area (TPSA) is 40.5 Å². The fourth-order valence-electron chi connectivity index (χ4n) is 1.23. The van der Waals surface area contributed by atoms with Crippen molar-refractivity contribution in [3.63, 3.8) is 0 Å². The number of aliphatic hydroxyl groups is 2. The Morgan fingerprint density at radius 3 is 1.60 bits per heavy atom. The predicted molar refractivity (Wildman–Crippen MR) is 68.2 cm³/mol. The van der Waals surface area contributed by atoms with Gasteiger partial charge >= 0.3 is 0 Å². The van der Waals surface area contributed by atoms with Gasteiger partial charge in [-0.1, -0.05) is 12.2 Å². The van der Waals surface area contributed by atoms with E-state index >= 15 is 0 Å². The van der Waals surface area contributed by atoms with Crippen LogP contribution in [-0.4, -0.2) is 32.9 Å². The van der Waals surface area contributed by atoms with E-state index in [9.17, 15) is 10.2 Å². The zero-order chi connectivity index (χ0) is 11.9. The van der Waals surface area contributed by atoms with E-state index in [-0.39, 0.29) is 0 Å². The van der Waals surface area contributed by atoms with Crippen molar-refractivity contribution in [2.45, 2.75) is 37.9 Å². The molecule has 0 aromatic heterocycles. The van der Waals surface area contributed by atoms with Crippen molar-refractivity contribution >= 4 is 11.8 Å². The van der Waals surface area contributed by atoms with E-state index in [1.807, 2.05) is 0 Å². The monoisotopic (exact) mass is 230 g/mol. The van der Waals surface area contributed by atoms with Crippen LogP contribution in [0.15, 0.2) is 25.3 Å². The van der Waals surface area contributed by atoms with Crippen molar-refractivity contribution in [1.82, 2.24) is 0 Å². The van der Waals surface area contributed by atoms with Crippen LogP contribution in [0.4, 0.5) is 0 Å². The van der Waals surface area contributed by atoms with Crippen molar-refractivity contribution in [3.05, 3.63) is 25.3 Å². The third-order valence-electron chi connectivity index (χ3n) is 1.99. The van der Waals surface area contributed by atoms with Crippen molar-refractivity contribution in [2.75, 3.05) is 11.5 Å². The van der Waals surface area contributed by atoms with E-state index in [2.05, 4.69) is 13.2 Å². The van der Waals surface area contributed by atoms with E-state index in [0.717, 1.165) is 0 Å². The molecule has 0 aliphatic carbocycles. The van der Waals surface area contributed by atoms with Crippen molar-refractivity contribution < 1.29 is 10.2 Å². The Morgan fingerprint density at radius 2 is 1.33 bits per heavy atom. The average molecular weight is 230 g/mol. The molecule has 0 radical (unpaired) electrons. The molecule has 0 aromatic rings. The molecule has 0 amide bonds. The van der Waals surface area contributed by atoms with Gasteiger partial charge in [-0.25, -0.2) is 0 Å². The summed E-state index contributed by atoms with van der Waals surface area (Å²) in [7, 11) is 0. The van der Waals surface area contributed by atoms with Crippen molar-refractivity contribution in [1.29, 1.82) is 0 Å². The van der Waals surface area contributed by atoms with E-state index in [1.165, 1.54) is 0 Å². The smallest absolute Gasteiger partial charge is 0.0743 e. The van der Waals surface area contributed by atoms with Crippen LogP contribution in [0, 0.1) is 0 Å². The minimum atomic E-state index is -0.726. The molecule has 3 heteroatoms. The molecular weight excluding hydrogens is 208 g/mol. The fourth-order valence-corrected chi connectivity index (χ4v) is 2.45. The van der Waals surface area contributed by atoms with Gasteiger partial charge in [-0.05, 0) is 26.7 Å². The Kier molecular flexibility index (Phi) is 6.25. The highest BCUT2D eigenvalue weighted by Gasteiger charge is 2.22. The quantitative estimate of drug-likeness (QED) is 0.629. The van der Waals surface area contributed by atoms with Gasteiger partial charge in [0.25, 0.3) is 0 Å². The Morgan fingerprint density at radius 1 is 1.00 bits per heavy atom. The molecule has 0 heterocycles. The minimum Gasteiger partial charge on any atom is -0.389 e. The fraction of sp³-hybridized carbons (Fsp3) is 0.667. The van der Waals surface area contributed by atoms with Gasteiger partial charge in [-0.3, -0.25) is 0 Å². The van der Waals surface area contributed by atoms with Crippen LogP contribution in [0.3, 0.4) is 0 Å². The molecular formula is C12H22O2S. The number of hydrogen-bond donors (Lipinski definition) is 2. The molecule has 2 unspecified atom stereocenters. The molecule has 0 bridgehead atoms. The summed E-state index contributed by atoms with van der Waals surface area (Å²) in [5.41, 5.74) is -1.45. The van der Waals surface area contributed by atoms with Gasteiger partial charge in [0, 0.05) is 11.5 Å². The predicted octanol–water partition coefficient (Wildman–Crippen LogP) is 2.37. The maximum atomic E-state index is 9.85. The van der Waals surface area contributed by atoms with Gasteiger partial charge in [-0.2, -0.15) is 11.8 Å². The zero-order valence-corrected chi connectivity index (χ0v) is 10.5. The molecule has 0 saturated heterocycles. The molecule has 0 rings (SSSR count). The second kappa shape index (κ2) is 6.36. The lowest BCUT2D eigenvalue weighted by atomic mass is 10.1. The molecule has 88 valence electrons. The second-order valence-corrected chi connectivity index (χ2v) is 5.46. The lowest BCUT2D eigenvalue weighted by molar-refractivity contribution is 0.0838. The van der Waals surface area contributed by atoms with Gasteiger partial charge in [0.05, 0.1) is 11.2 Å². The summed E-state index contributed by atoms with van der Waals surface area (Å²) in [6.07, 6.45) is 4.57. The maximum Gasteiger partial charge on any atom is 0.0743 e. The van der Waals surface area contributed by atoms with Crippen molar-refractivity contribution in [2.24, 2.45) is 0 Å². The second-order valence-electron chi connectivity index (χ2n) is 4.47. The lowest BCUT2D eigenvalue weighted by Gasteiger charge is -2.25. The summed E-state index contributed by atoms with van der Waals surface area (Å²) in [4.78, 5) is 0. The molecule has 2 N–H and O–H groups in total. The Balaban J connectivity index is 3.87. The normalized spacial score (nSPS) is 18.9. The highest BCUT2D eigenvalue weighted by atomic mass is 32.2. The molecule has 0 aromatic carbocycles. The molecule has 2 atom stereocenters. The van der Waals surface area contributed by atoms with Crippen LogP contribution >= 0.6 is 11.8 Å². The van der Waals surface area contributed by atoms with E-state index in [0.29, 0.717) is 24.3 Å². The number of rotatable bonds is 8. The highest BCUT2D eigenvalue weighted by molar-refractivity contribution is 7.99. The maximum absolute atomic E-state index is 9.85. The average Bonchev–Trinajstić information content (AvgIpc) is 2.02. The highest BCUT2D eigenvalue weighted by Crippen LogP contribution is 2.22. The zero-order valence-electron chi connectivity index (χ0n) is 9.70. The third kappa shape index (κ3) is 7.65. The summed E-state index contributed by atoms with van der Waals surface area (Å²) in [6, 6.07) is 0. The minimum absolute atomic E-state index is 0.573. The molecule has 0 fully saturated rings. The molecule has 15 heavy (non-hydrogen) atoms. The van der Waals surface area contributed by atoms with E-state index in [1.54, 1.807) is 37.8 Å². The number of thioether (sulfide) groups is 1. The van der Waals surface area contributed by atoms with Crippen LogP contribution in [0.25, 0.3) is 0 Å². The Labute approximate surface area is 97.1 Å². The summed E-state index contributed by atoms with van der Waals surface area (Å²) >= 11 is 1.55. The molecule has 0 aliphatic rings. The van der Waals surface area contributed by atoms with Gasteiger partial charge in [0.15, 0.2) is 0 Å². The molecule has 2 nitrogen and oxygen atoms in total. The van der Waals surface area contributed by atoms with Crippen LogP contribution in [0.1, 0.15) is 26.7 Å². The van der Waals surface area contributed by atoms with Gasteiger partial charge in [-0.15, -0.1) is 13.2 Å². The first-order valence-electron chi connectivity index (χ1n) is 5.07. The first-order valence-corrected chi connectivity index (χ1v) is 6.23. The van der Waals surface area contributed by atoms with Crippen LogP contribution in [0.5, 0.6) is 0 Å². The third-order valence-corrected chi connectivity index (χ3v) is 3.65. The number of hydrogen-bond acceptors (Lipinski definition) is 3. The molecule has 0 aliphatic heterocycles. The van der Waals surface area contributed by atoms with Crippen LogP contribution in [0.2, 0.25) is 0 Å².